The van der Waals surface area contributed by atoms with Crippen molar-refractivity contribution in [3.63, 3.8) is 0 Å². The molecule has 2 aromatic carbocycles. The molecule has 0 aliphatic heterocycles. The van der Waals surface area contributed by atoms with Gasteiger partial charge in [-0.1, -0.05) is 25.8 Å². The van der Waals surface area contributed by atoms with Crippen molar-refractivity contribution in [2.75, 3.05) is 19.0 Å². The summed E-state index contributed by atoms with van der Waals surface area (Å²) >= 11 is 0. The number of rotatable bonds is 15. The van der Waals surface area contributed by atoms with Crippen molar-refractivity contribution in [1.29, 1.82) is 0 Å². The van der Waals surface area contributed by atoms with Crippen LogP contribution in [0.4, 0.5) is 23.4 Å². The zero-order valence-corrected chi connectivity index (χ0v) is 22.8. The van der Waals surface area contributed by atoms with Crippen LogP contribution in [-0.2, 0) is 11.0 Å². The summed E-state index contributed by atoms with van der Waals surface area (Å²) in [6, 6.07) is 10.2. The number of aliphatic carboxylic acids is 1. The van der Waals surface area contributed by atoms with Gasteiger partial charge in [-0.15, -0.1) is 0 Å². The minimum absolute atomic E-state index is 0.0289. The van der Waals surface area contributed by atoms with Gasteiger partial charge in [0, 0.05) is 41.8 Å². The maximum Gasteiger partial charge on any atom is 0.416 e. The maximum atomic E-state index is 14.6. The van der Waals surface area contributed by atoms with Crippen molar-refractivity contribution in [2.45, 2.75) is 57.7 Å². The molecule has 0 spiro atoms. The molecule has 0 fully saturated rings. The number of pyridine rings is 1. The molecule has 0 radical (unpaired) electrons. The van der Waals surface area contributed by atoms with E-state index in [0.29, 0.717) is 23.2 Å². The standard InChI is InChI=1S/C30H32F4N2O5/c1-3-4-6-21(36-28-14-9-19(17-35-28)26(37)7-5-8-29(38)39)18-41-22-11-13-24(27(16-22)40-2)23-12-10-20(15-25(23)31)30(32,33)34/h9-17,21H,3-8,18H2,1-2H3,(H,35,36)(H,38,39)/t21-/m0/s1. The predicted octanol–water partition coefficient (Wildman–Crippen LogP) is 7.40. The quantitative estimate of drug-likeness (QED) is 0.144. The van der Waals surface area contributed by atoms with Crippen LogP contribution in [0.2, 0.25) is 0 Å². The molecule has 220 valence electrons. The Kier molecular flexibility index (Phi) is 11.1. The summed E-state index contributed by atoms with van der Waals surface area (Å²) in [5.41, 5.74) is -0.416. The highest BCUT2D eigenvalue weighted by atomic mass is 19.4. The van der Waals surface area contributed by atoms with E-state index in [4.69, 9.17) is 14.6 Å². The van der Waals surface area contributed by atoms with Crippen LogP contribution in [0.5, 0.6) is 11.5 Å². The Labute approximate surface area is 235 Å². The lowest BCUT2D eigenvalue weighted by Gasteiger charge is -2.20. The van der Waals surface area contributed by atoms with Gasteiger partial charge in [0.2, 0.25) is 0 Å². The number of hydrogen-bond acceptors (Lipinski definition) is 6. The molecule has 11 heteroatoms. The van der Waals surface area contributed by atoms with E-state index in [9.17, 15) is 27.2 Å². The molecular formula is C30H32F4N2O5. The van der Waals surface area contributed by atoms with Gasteiger partial charge >= 0.3 is 12.1 Å². The van der Waals surface area contributed by atoms with Gasteiger partial charge in [-0.05, 0) is 49.2 Å². The van der Waals surface area contributed by atoms with Crippen molar-refractivity contribution >= 4 is 17.6 Å². The number of Topliss-reactive ketones (excluding diaryl/α,β-unsaturated/α-hetero) is 1. The third-order valence-electron chi connectivity index (χ3n) is 6.35. The number of anilines is 1. The summed E-state index contributed by atoms with van der Waals surface area (Å²) in [6.07, 6.45) is -0.252. The average molecular weight is 577 g/mol. The van der Waals surface area contributed by atoms with Crippen molar-refractivity contribution in [1.82, 2.24) is 4.98 Å². The normalized spacial score (nSPS) is 12.0. The van der Waals surface area contributed by atoms with E-state index in [1.165, 1.54) is 19.4 Å². The molecule has 2 N–H and O–H groups in total. The number of nitrogens with one attached hydrogen (secondary N) is 1. The van der Waals surface area contributed by atoms with E-state index in [1.807, 2.05) is 0 Å². The first kappa shape index (κ1) is 31.4. The summed E-state index contributed by atoms with van der Waals surface area (Å²) in [4.78, 5) is 27.2. The SMILES string of the molecule is CCCC[C@@H](COc1ccc(-c2ccc(C(F)(F)F)cc2F)c(OC)c1)Nc1ccc(C(=O)CCCC(=O)O)cn1. The van der Waals surface area contributed by atoms with E-state index in [1.54, 1.807) is 24.3 Å². The number of aromatic nitrogens is 1. The Bertz CT molecular complexity index is 1330. The molecule has 0 saturated carbocycles. The van der Waals surface area contributed by atoms with Crippen LogP contribution in [0.3, 0.4) is 0 Å². The molecule has 3 rings (SSSR count). The fraction of sp³-hybridized carbons (Fsp3) is 0.367. The third kappa shape index (κ3) is 9.19. The fourth-order valence-corrected chi connectivity index (χ4v) is 4.14. The number of carboxylic acids is 1. The number of benzene rings is 2. The van der Waals surface area contributed by atoms with Gasteiger partial charge < -0.3 is 19.9 Å². The second-order valence-corrected chi connectivity index (χ2v) is 9.45. The first-order valence-electron chi connectivity index (χ1n) is 13.2. The number of unbranched alkanes of at least 4 members (excludes halogenated alkanes) is 1. The number of ether oxygens (including phenoxy) is 2. The molecule has 3 aromatic rings. The van der Waals surface area contributed by atoms with Crippen molar-refractivity contribution in [3.05, 3.63) is 71.7 Å². The highest BCUT2D eigenvalue weighted by Crippen LogP contribution is 2.37. The number of nitrogens with zero attached hydrogens (tertiary/aromatic N) is 1. The Hall–Kier alpha value is -4.15. The van der Waals surface area contributed by atoms with Gasteiger partial charge in [-0.25, -0.2) is 9.37 Å². The van der Waals surface area contributed by atoms with Gasteiger partial charge in [0.25, 0.3) is 0 Å². The fourth-order valence-electron chi connectivity index (χ4n) is 4.14. The first-order valence-corrected chi connectivity index (χ1v) is 13.2. The van der Waals surface area contributed by atoms with Crippen molar-refractivity contribution in [3.8, 4) is 22.6 Å². The molecule has 0 unspecified atom stereocenters. The van der Waals surface area contributed by atoms with E-state index in [0.717, 1.165) is 31.4 Å². The third-order valence-corrected chi connectivity index (χ3v) is 6.35. The number of carbonyl (C=O) groups excluding carboxylic acids is 1. The average Bonchev–Trinajstić information content (AvgIpc) is 2.94. The van der Waals surface area contributed by atoms with Crippen LogP contribution >= 0.6 is 0 Å². The van der Waals surface area contributed by atoms with Crippen LogP contribution in [0, 0.1) is 5.82 Å². The van der Waals surface area contributed by atoms with Gasteiger partial charge in [0.1, 0.15) is 29.7 Å². The van der Waals surface area contributed by atoms with E-state index in [2.05, 4.69) is 17.2 Å². The Morgan fingerprint density at radius 1 is 1.02 bits per heavy atom. The summed E-state index contributed by atoms with van der Waals surface area (Å²) in [6.45, 7) is 2.31. The molecular weight excluding hydrogens is 544 g/mol. The summed E-state index contributed by atoms with van der Waals surface area (Å²) < 4.78 is 64.7. The Balaban J connectivity index is 1.67. The zero-order chi connectivity index (χ0) is 30.0. The number of alkyl halides is 3. The molecule has 1 aromatic heterocycles. The largest absolute Gasteiger partial charge is 0.496 e. The van der Waals surface area contributed by atoms with Crippen molar-refractivity contribution in [2.24, 2.45) is 0 Å². The lowest BCUT2D eigenvalue weighted by molar-refractivity contribution is -0.138. The highest BCUT2D eigenvalue weighted by molar-refractivity contribution is 5.96. The molecule has 0 bridgehead atoms. The molecule has 1 atom stereocenters. The minimum atomic E-state index is -4.65. The second kappa shape index (κ2) is 14.5. The maximum absolute atomic E-state index is 14.6. The first-order chi connectivity index (χ1) is 19.5. The predicted molar refractivity (Wildman–Crippen MR) is 146 cm³/mol. The van der Waals surface area contributed by atoms with Gasteiger partial charge in [0.05, 0.1) is 18.7 Å². The van der Waals surface area contributed by atoms with Gasteiger partial charge in [-0.2, -0.15) is 13.2 Å². The molecule has 0 amide bonds. The number of methoxy groups -OCH3 is 1. The Morgan fingerprint density at radius 2 is 1.78 bits per heavy atom. The molecule has 41 heavy (non-hydrogen) atoms. The van der Waals surface area contributed by atoms with E-state index < -0.39 is 23.5 Å². The molecule has 7 nitrogen and oxygen atoms in total. The van der Waals surface area contributed by atoms with E-state index in [-0.39, 0.29) is 54.6 Å². The second-order valence-electron chi connectivity index (χ2n) is 9.45. The van der Waals surface area contributed by atoms with Gasteiger partial charge in [0.15, 0.2) is 5.78 Å². The number of carbonyl (C=O) groups is 2. The van der Waals surface area contributed by atoms with Crippen LogP contribution < -0.4 is 14.8 Å². The number of halogens is 4. The lowest BCUT2D eigenvalue weighted by Crippen LogP contribution is -2.27. The topological polar surface area (TPSA) is 97.8 Å². The van der Waals surface area contributed by atoms with Crippen LogP contribution in [0.15, 0.2) is 54.7 Å². The monoisotopic (exact) mass is 576 g/mol. The number of ketones is 1. The van der Waals surface area contributed by atoms with Crippen LogP contribution in [0.1, 0.15) is 61.4 Å². The minimum Gasteiger partial charge on any atom is -0.496 e. The van der Waals surface area contributed by atoms with Crippen LogP contribution in [0.25, 0.3) is 11.1 Å². The molecule has 0 saturated heterocycles. The summed E-state index contributed by atoms with van der Waals surface area (Å²) in [5, 5.41) is 12.0. The summed E-state index contributed by atoms with van der Waals surface area (Å²) in [5.74, 6) is -0.928. The summed E-state index contributed by atoms with van der Waals surface area (Å²) in [7, 11) is 1.38. The van der Waals surface area contributed by atoms with Crippen molar-refractivity contribution < 1.29 is 41.7 Å². The zero-order valence-electron chi connectivity index (χ0n) is 22.8. The molecule has 0 aliphatic carbocycles. The van der Waals surface area contributed by atoms with E-state index >= 15 is 0 Å². The number of hydrogen-bond donors (Lipinski definition) is 2. The number of carboxylic acid groups (broad SMARTS) is 1. The Morgan fingerprint density at radius 3 is 2.39 bits per heavy atom. The smallest absolute Gasteiger partial charge is 0.416 e. The highest BCUT2D eigenvalue weighted by Gasteiger charge is 2.31. The molecule has 0 aliphatic rings. The van der Waals surface area contributed by atoms with Gasteiger partial charge in [-0.3, -0.25) is 9.59 Å². The lowest BCUT2D eigenvalue weighted by atomic mass is 10.0. The van der Waals surface area contributed by atoms with Crippen LogP contribution in [-0.4, -0.2) is 41.6 Å². The molecule has 1 heterocycles.